The zero-order valence-electron chi connectivity index (χ0n) is 14.1. The van der Waals surface area contributed by atoms with Gasteiger partial charge in [-0.25, -0.2) is 0 Å². The summed E-state index contributed by atoms with van der Waals surface area (Å²) >= 11 is 4.01. The van der Waals surface area contributed by atoms with Crippen LogP contribution in [0.5, 0.6) is 0 Å². The van der Waals surface area contributed by atoms with E-state index in [1.807, 2.05) is 0 Å². The van der Waals surface area contributed by atoms with Crippen LogP contribution in [0.2, 0.25) is 0 Å². The molecule has 0 heterocycles. The summed E-state index contributed by atoms with van der Waals surface area (Å²) in [5.74, 6) is 1.76. The van der Waals surface area contributed by atoms with E-state index in [9.17, 15) is 4.79 Å². The summed E-state index contributed by atoms with van der Waals surface area (Å²) in [4.78, 5) is 13.3. The van der Waals surface area contributed by atoms with Crippen LogP contribution in [-0.2, 0) is 11.2 Å². The van der Waals surface area contributed by atoms with E-state index >= 15 is 0 Å². The van der Waals surface area contributed by atoms with Crippen molar-refractivity contribution in [2.45, 2.75) is 63.1 Å². The number of para-hydroxylation sites is 1. The lowest BCUT2D eigenvalue weighted by Crippen LogP contribution is -2.57. The average molecular weight is 376 g/mol. The number of aryl methyl sites for hydroxylation is 2. The van der Waals surface area contributed by atoms with Crippen molar-refractivity contribution in [2.24, 2.45) is 17.3 Å². The zero-order valence-corrected chi connectivity index (χ0v) is 15.7. The molecule has 1 amide bonds. The highest BCUT2D eigenvalue weighted by Crippen LogP contribution is 2.64. The molecule has 4 atom stereocenters. The van der Waals surface area contributed by atoms with E-state index in [0.29, 0.717) is 0 Å². The summed E-state index contributed by atoms with van der Waals surface area (Å²) in [6, 6.07) is 6.32. The molecule has 124 valence electrons. The molecule has 0 aliphatic heterocycles. The number of anilines is 1. The fourth-order valence-corrected chi connectivity index (χ4v) is 7.32. The first-order valence-electron chi connectivity index (χ1n) is 9.02. The van der Waals surface area contributed by atoms with Gasteiger partial charge >= 0.3 is 0 Å². The second kappa shape index (κ2) is 5.34. The Balaban J connectivity index is 1.63. The van der Waals surface area contributed by atoms with Crippen LogP contribution in [0.25, 0.3) is 0 Å². The van der Waals surface area contributed by atoms with Gasteiger partial charge in [-0.05, 0) is 74.8 Å². The largest absolute Gasteiger partial charge is 0.325 e. The van der Waals surface area contributed by atoms with Crippen molar-refractivity contribution >= 4 is 27.5 Å². The number of alkyl halides is 1. The highest BCUT2D eigenvalue weighted by molar-refractivity contribution is 9.10. The Morgan fingerprint density at radius 2 is 1.96 bits per heavy atom. The van der Waals surface area contributed by atoms with Crippen LogP contribution in [0.3, 0.4) is 0 Å². The zero-order chi connectivity index (χ0) is 16.2. The fraction of sp³-hybridized carbons (Fsp3) is 0.650. The van der Waals surface area contributed by atoms with E-state index in [1.54, 1.807) is 0 Å². The lowest BCUT2D eigenvalue weighted by molar-refractivity contribution is -0.138. The number of hydrogen-bond donors (Lipinski definition) is 1. The molecular formula is C20H26BrNO. The topological polar surface area (TPSA) is 29.1 Å². The monoisotopic (exact) mass is 375 g/mol. The van der Waals surface area contributed by atoms with E-state index in [-0.39, 0.29) is 15.6 Å². The predicted molar refractivity (Wildman–Crippen MR) is 98.0 cm³/mol. The second-order valence-corrected chi connectivity index (χ2v) is 9.99. The van der Waals surface area contributed by atoms with Crippen molar-refractivity contribution in [3.63, 3.8) is 0 Å². The van der Waals surface area contributed by atoms with Gasteiger partial charge in [0.1, 0.15) is 0 Å². The third kappa shape index (κ3) is 2.56. The third-order valence-corrected chi connectivity index (χ3v) is 7.38. The van der Waals surface area contributed by atoms with Crippen LogP contribution < -0.4 is 5.32 Å². The Morgan fingerprint density at radius 3 is 2.57 bits per heavy atom. The lowest BCUT2D eigenvalue weighted by Gasteiger charge is -2.59. The molecular weight excluding hydrogens is 350 g/mol. The minimum Gasteiger partial charge on any atom is -0.325 e. The Labute approximate surface area is 147 Å². The predicted octanol–water partition coefficient (Wildman–Crippen LogP) is 5.23. The van der Waals surface area contributed by atoms with Gasteiger partial charge in [0.15, 0.2) is 0 Å². The maximum Gasteiger partial charge on any atom is 0.230 e. The van der Waals surface area contributed by atoms with Crippen LogP contribution >= 0.6 is 15.9 Å². The molecule has 2 unspecified atom stereocenters. The first kappa shape index (κ1) is 15.7. The van der Waals surface area contributed by atoms with Crippen molar-refractivity contribution in [1.29, 1.82) is 0 Å². The van der Waals surface area contributed by atoms with Gasteiger partial charge in [0.05, 0.1) is 5.41 Å². The van der Waals surface area contributed by atoms with E-state index in [1.165, 1.54) is 30.4 Å². The minimum absolute atomic E-state index is 0.138. The molecule has 5 rings (SSSR count). The van der Waals surface area contributed by atoms with Crippen LogP contribution in [0, 0.1) is 24.2 Å². The molecule has 1 aromatic rings. The number of hydrogen-bond acceptors (Lipinski definition) is 1. The van der Waals surface area contributed by atoms with Crippen LogP contribution in [0.4, 0.5) is 5.69 Å². The summed E-state index contributed by atoms with van der Waals surface area (Å²) in [6.07, 6.45) is 8.04. The molecule has 1 N–H and O–H groups in total. The van der Waals surface area contributed by atoms with E-state index in [2.05, 4.69) is 53.3 Å². The molecule has 3 heteroatoms. The SMILES string of the molecule is CCc1cccc(C)c1NC(=O)C12C[C@@H]3C[C@@H](CC(Br)(C3)C1)C2. The summed E-state index contributed by atoms with van der Waals surface area (Å²) in [7, 11) is 0. The highest BCUT2D eigenvalue weighted by atomic mass is 79.9. The summed E-state index contributed by atoms with van der Waals surface area (Å²) in [5, 5.41) is 3.34. The first-order valence-corrected chi connectivity index (χ1v) is 9.81. The maximum atomic E-state index is 13.3. The number of nitrogens with one attached hydrogen (secondary N) is 1. The summed E-state index contributed by atoms with van der Waals surface area (Å²) in [6.45, 7) is 4.25. The van der Waals surface area contributed by atoms with Crippen molar-refractivity contribution < 1.29 is 4.79 Å². The normalized spacial score (nSPS) is 37.9. The Hall–Kier alpha value is -0.830. The van der Waals surface area contributed by atoms with Gasteiger partial charge in [0, 0.05) is 10.0 Å². The molecule has 0 radical (unpaired) electrons. The standard InChI is InChI=1S/C20H26BrNO/c1-3-16-6-4-5-13(2)17(16)22-18(23)19-8-14-7-15(9-19)11-20(21,10-14)12-19/h4-6,14-15H,3,7-12H2,1-2H3,(H,22,23)/t14-,15+,19?,20?. The fourth-order valence-electron chi connectivity index (χ4n) is 5.86. The summed E-state index contributed by atoms with van der Waals surface area (Å²) < 4.78 is 0.230. The van der Waals surface area contributed by atoms with Crippen LogP contribution in [-0.4, -0.2) is 10.2 Å². The van der Waals surface area contributed by atoms with Gasteiger partial charge in [-0.2, -0.15) is 0 Å². The van der Waals surface area contributed by atoms with Gasteiger partial charge in [-0.15, -0.1) is 0 Å². The molecule has 4 bridgehead atoms. The molecule has 0 aromatic heterocycles. The molecule has 4 fully saturated rings. The molecule has 4 aliphatic rings. The van der Waals surface area contributed by atoms with E-state index in [0.717, 1.165) is 43.2 Å². The Kier molecular flexibility index (Phi) is 3.64. The maximum absolute atomic E-state index is 13.3. The quantitative estimate of drug-likeness (QED) is 0.719. The molecule has 4 saturated carbocycles. The van der Waals surface area contributed by atoms with Crippen molar-refractivity contribution in [3.8, 4) is 0 Å². The third-order valence-electron chi connectivity index (χ3n) is 6.45. The van der Waals surface area contributed by atoms with Gasteiger partial charge in [0.2, 0.25) is 5.91 Å². The number of benzene rings is 1. The number of rotatable bonds is 3. The molecule has 4 aliphatic carbocycles. The van der Waals surface area contributed by atoms with Crippen molar-refractivity contribution in [3.05, 3.63) is 29.3 Å². The van der Waals surface area contributed by atoms with E-state index in [4.69, 9.17) is 0 Å². The molecule has 0 saturated heterocycles. The van der Waals surface area contributed by atoms with Crippen LogP contribution in [0.15, 0.2) is 18.2 Å². The van der Waals surface area contributed by atoms with Crippen molar-refractivity contribution in [1.82, 2.24) is 0 Å². The first-order chi connectivity index (χ1) is 10.9. The molecule has 1 aromatic carbocycles. The van der Waals surface area contributed by atoms with Crippen molar-refractivity contribution in [2.75, 3.05) is 5.32 Å². The lowest BCUT2D eigenvalue weighted by atomic mass is 9.49. The van der Waals surface area contributed by atoms with E-state index < -0.39 is 0 Å². The van der Waals surface area contributed by atoms with Gasteiger partial charge in [-0.1, -0.05) is 41.1 Å². The minimum atomic E-state index is -0.138. The smallest absolute Gasteiger partial charge is 0.230 e. The average Bonchev–Trinajstić information content (AvgIpc) is 2.46. The Bertz CT molecular complexity index is 639. The van der Waals surface area contributed by atoms with Crippen LogP contribution in [0.1, 0.15) is 56.6 Å². The molecule has 2 nitrogen and oxygen atoms in total. The van der Waals surface area contributed by atoms with Gasteiger partial charge < -0.3 is 5.32 Å². The highest BCUT2D eigenvalue weighted by Gasteiger charge is 2.59. The number of amides is 1. The molecule has 23 heavy (non-hydrogen) atoms. The molecule has 0 spiro atoms. The van der Waals surface area contributed by atoms with Gasteiger partial charge in [0.25, 0.3) is 0 Å². The number of carbonyl (C=O) groups is 1. The number of carbonyl (C=O) groups excluding carboxylic acids is 1. The number of halogens is 1. The Morgan fingerprint density at radius 1 is 1.26 bits per heavy atom. The van der Waals surface area contributed by atoms with Gasteiger partial charge in [-0.3, -0.25) is 4.79 Å². The second-order valence-electron chi connectivity index (χ2n) is 8.31. The summed E-state index contributed by atoms with van der Waals surface area (Å²) in [5.41, 5.74) is 3.34.